The smallest absolute Gasteiger partial charge is 0.339 e. The molecule has 1 aromatic carbocycles. The first-order valence-corrected chi connectivity index (χ1v) is 5.12. The van der Waals surface area contributed by atoms with Gasteiger partial charge in [-0.2, -0.15) is 0 Å². The summed E-state index contributed by atoms with van der Waals surface area (Å²) in [6.45, 7) is 0.906. The molecule has 3 N–H and O–H groups in total. The molecule has 0 fully saturated rings. The molecule has 0 aromatic heterocycles. The molecule has 0 unspecified atom stereocenters. The summed E-state index contributed by atoms with van der Waals surface area (Å²) in [4.78, 5) is 23.6. The number of fused-ring (bicyclic) bond motifs is 1. The number of anilines is 1. The maximum atomic E-state index is 11.0. The summed E-state index contributed by atoms with van der Waals surface area (Å²) in [5.74, 6) is -1.21. The van der Waals surface area contributed by atoms with Crippen molar-refractivity contribution in [3.05, 3.63) is 23.8 Å². The molecule has 0 spiro atoms. The fourth-order valence-electron chi connectivity index (χ4n) is 1.82. The van der Waals surface area contributed by atoms with Gasteiger partial charge < -0.3 is 20.5 Å². The number of nitrogens with zero attached hydrogens (tertiary/aromatic N) is 1. The third-order valence-corrected chi connectivity index (χ3v) is 2.52. The number of benzene rings is 1. The largest absolute Gasteiger partial charge is 0.489 e. The van der Waals surface area contributed by atoms with Gasteiger partial charge >= 0.3 is 5.97 Å². The Morgan fingerprint density at radius 3 is 2.88 bits per heavy atom. The average molecular weight is 236 g/mol. The van der Waals surface area contributed by atoms with E-state index in [4.69, 9.17) is 15.6 Å². The monoisotopic (exact) mass is 236 g/mol. The summed E-state index contributed by atoms with van der Waals surface area (Å²) in [6, 6.07) is 4.80. The lowest BCUT2D eigenvalue weighted by Gasteiger charge is -2.30. The van der Waals surface area contributed by atoms with E-state index in [9.17, 15) is 9.59 Å². The van der Waals surface area contributed by atoms with E-state index < -0.39 is 11.9 Å². The number of carboxylic acid groups (broad SMARTS) is 1. The molecular formula is C11H12N2O4. The summed E-state index contributed by atoms with van der Waals surface area (Å²) in [6.07, 6.45) is 0. The predicted octanol–water partition coefficient (Wildman–Crippen LogP) is 0.0689. The standard InChI is InChI=1S/C11H12N2O4/c12-9(14)6-13-4-5-17-10-7(11(15)16)2-1-3-8(10)13/h1-3H,4-6H2,(H2,12,14)(H,15,16). The molecule has 6 nitrogen and oxygen atoms in total. The normalized spacial score (nSPS) is 13.8. The van der Waals surface area contributed by atoms with E-state index in [2.05, 4.69) is 0 Å². The highest BCUT2D eigenvalue weighted by atomic mass is 16.5. The first-order valence-electron chi connectivity index (χ1n) is 5.12. The Kier molecular flexibility index (Phi) is 2.86. The molecule has 1 aliphatic heterocycles. The fraction of sp³-hybridized carbons (Fsp3) is 0.273. The van der Waals surface area contributed by atoms with Gasteiger partial charge in [0.15, 0.2) is 5.75 Å². The molecule has 0 bridgehead atoms. The number of carbonyl (C=O) groups is 2. The zero-order valence-electron chi connectivity index (χ0n) is 9.05. The Balaban J connectivity index is 2.42. The van der Waals surface area contributed by atoms with Gasteiger partial charge in [-0.3, -0.25) is 4.79 Å². The first kappa shape index (κ1) is 11.3. The summed E-state index contributed by atoms with van der Waals surface area (Å²) >= 11 is 0. The molecule has 1 aromatic rings. The lowest BCUT2D eigenvalue weighted by Crippen LogP contribution is -2.39. The number of primary amides is 1. The number of para-hydroxylation sites is 1. The highest BCUT2D eigenvalue weighted by Gasteiger charge is 2.24. The van der Waals surface area contributed by atoms with Crippen molar-refractivity contribution < 1.29 is 19.4 Å². The molecule has 6 heteroatoms. The number of amides is 1. The third-order valence-electron chi connectivity index (χ3n) is 2.52. The van der Waals surface area contributed by atoms with Gasteiger partial charge in [-0.05, 0) is 12.1 Å². The summed E-state index contributed by atoms with van der Waals surface area (Å²) in [5.41, 5.74) is 5.83. The van der Waals surface area contributed by atoms with Gasteiger partial charge in [0.1, 0.15) is 12.2 Å². The van der Waals surface area contributed by atoms with Crippen molar-refractivity contribution in [2.75, 3.05) is 24.6 Å². The van der Waals surface area contributed by atoms with Crippen LogP contribution in [0.25, 0.3) is 0 Å². The van der Waals surface area contributed by atoms with Crippen LogP contribution in [0, 0.1) is 0 Å². The van der Waals surface area contributed by atoms with Gasteiger partial charge in [-0.1, -0.05) is 6.07 Å². The second-order valence-electron chi connectivity index (χ2n) is 3.70. The highest BCUT2D eigenvalue weighted by molar-refractivity contribution is 5.94. The Morgan fingerprint density at radius 1 is 1.47 bits per heavy atom. The molecule has 0 aliphatic carbocycles. The zero-order chi connectivity index (χ0) is 12.4. The van der Waals surface area contributed by atoms with E-state index in [1.54, 1.807) is 17.0 Å². The van der Waals surface area contributed by atoms with Crippen molar-refractivity contribution in [1.29, 1.82) is 0 Å². The molecule has 0 radical (unpaired) electrons. The Labute approximate surface area is 97.6 Å². The fourth-order valence-corrected chi connectivity index (χ4v) is 1.82. The van der Waals surface area contributed by atoms with Crippen LogP contribution in [0.4, 0.5) is 5.69 Å². The van der Waals surface area contributed by atoms with Gasteiger partial charge in [0.25, 0.3) is 0 Å². The molecule has 90 valence electrons. The van der Waals surface area contributed by atoms with Crippen molar-refractivity contribution in [1.82, 2.24) is 0 Å². The summed E-state index contributed by atoms with van der Waals surface area (Å²) in [7, 11) is 0. The van der Waals surface area contributed by atoms with Gasteiger partial charge in [-0.25, -0.2) is 4.79 Å². The molecule has 0 saturated heterocycles. The predicted molar refractivity (Wildman–Crippen MR) is 60.3 cm³/mol. The van der Waals surface area contributed by atoms with Gasteiger partial charge in [0.2, 0.25) is 5.91 Å². The zero-order valence-corrected chi connectivity index (χ0v) is 9.05. The van der Waals surface area contributed by atoms with Crippen LogP contribution >= 0.6 is 0 Å². The molecule has 1 aliphatic rings. The van der Waals surface area contributed by atoms with E-state index in [0.29, 0.717) is 24.6 Å². The maximum Gasteiger partial charge on any atom is 0.339 e. The molecule has 1 amide bonds. The van der Waals surface area contributed by atoms with Crippen LogP contribution in [0.5, 0.6) is 5.75 Å². The number of carbonyl (C=O) groups excluding carboxylic acids is 1. The van der Waals surface area contributed by atoms with Crippen molar-refractivity contribution in [3.8, 4) is 5.75 Å². The van der Waals surface area contributed by atoms with Crippen LogP contribution in [0.1, 0.15) is 10.4 Å². The number of nitrogens with two attached hydrogens (primary N) is 1. The van der Waals surface area contributed by atoms with Crippen LogP contribution in [0.3, 0.4) is 0 Å². The lowest BCUT2D eigenvalue weighted by molar-refractivity contribution is -0.116. The molecule has 0 saturated carbocycles. The molecule has 1 heterocycles. The van der Waals surface area contributed by atoms with Crippen molar-refractivity contribution >= 4 is 17.6 Å². The van der Waals surface area contributed by atoms with E-state index in [1.807, 2.05) is 0 Å². The lowest BCUT2D eigenvalue weighted by atomic mass is 10.1. The minimum absolute atomic E-state index is 0.0550. The molecular weight excluding hydrogens is 224 g/mol. The van der Waals surface area contributed by atoms with E-state index >= 15 is 0 Å². The molecule has 17 heavy (non-hydrogen) atoms. The first-order chi connectivity index (χ1) is 8.09. The number of hydrogen-bond donors (Lipinski definition) is 2. The molecule has 0 atom stereocenters. The number of ether oxygens (including phenoxy) is 1. The minimum Gasteiger partial charge on any atom is -0.489 e. The van der Waals surface area contributed by atoms with Gasteiger partial charge in [0, 0.05) is 0 Å². The number of carboxylic acids is 1. The Bertz CT molecular complexity index is 473. The van der Waals surface area contributed by atoms with E-state index in [-0.39, 0.29) is 12.1 Å². The SMILES string of the molecule is NC(=O)CN1CCOc2c(C(=O)O)cccc21. The van der Waals surface area contributed by atoms with Gasteiger partial charge in [-0.15, -0.1) is 0 Å². The van der Waals surface area contributed by atoms with Gasteiger partial charge in [0.05, 0.1) is 18.8 Å². The van der Waals surface area contributed by atoms with Crippen LogP contribution in [0.2, 0.25) is 0 Å². The topological polar surface area (TPSA) is 92.9 Å². The highest BCUT2D eigenvalue weighted by Crippen LogP contribution is 2.34. The summed E-state index contributed by atoms with van der Waals surface area (Å²) < 4.78 is 5.35. The minimum atomic E-state index is -1.05. The number of aromatic carboxylic acids is 1. The van der Waals surface area contributed by atoms with E-state index in [1.165, 1.54) is 6.07 Å². The van der Waals surface area contributed by atoms with Crippen molar-refractivity contribution in [2.45, 2.75) is 0 Å². The van der Waals surface area contributed by atoms with Crippen LogP contribution < -0.4 is 15.4 Å². The summed E-state index contributed by atoms with van der Waals surface area (Å²) in [5, 5.41) is 9.02. The third kappa shape index (κ3) is 2.15. The maximum absolute atomic E-state index is 11.0. The van der Waals surface area contributed by atoms with Crippen LogP contribution in [0.15, 0.2) is 18.2 Å². The second kappa shape index (κ2) is 4.32. The van der Waals surface area contributed by atoms with Crippen LogP contribution in [-0.2, 0) is 4.79 Å². The second-order valence-corrected chi connectivity index (χ2v) is 3.70. The Hall–Kier alpha value is -2.24. The Morgan fingerprint density at radius 2 is 2.24 bits per heavy atom. The van der Waals surface area contributed by atoms with E-state index in [0.717, 1.165) is 0 Å². The van der Waals surface area contributed by atoms with Crippen molar-refractivity contribution in [2.24, 2.45) is 5.73 Å². The number of hydrogen-bond acceptors (Lipinski definition) is 4. The van der Waals surface area contributed by atoms with Crippen molar-refractivity contribution in [3.63, 3.8) is 0 Å². The number of rotatable bonds is 3. The average Bonchev–Trinajstić information content (AvgIpc) is 2.28. The van der Waals surface area contributed by atoms with Crippen LogP contribution in [-0.4, -0.2) is 36.7 Å². The quantitative estimate of drug-likeness (QED) is 0.774. The molecule has 2 rings (SSSR count).